The van der Waals surface area contributed by atoms with Crippen LogP contribution < -0.4 is 4.90 Å². The lowest BCUT2D eigenvalue weighted by Crippen LogP contribution is -2.35. The van der Waals surface area contributed by atoms with E-state index in [-0.39, 0.29) is 0 Å². The van der Waals surface area contributed by atoms with Crippen LogP contribution in [0.15, 0.2) is 48.9 Å². The third kappa shape index (κ3) is 4.13. The van der Waals surface area contributed by atoms with E-state index in [0.29, 0.717) is 12.0 Å². The summed E-state index contributed by atoms with van der Waals surface area (Å²) in [5, 5.41) is 0. The number of hydrogen-bond acceptors (Lipinski definition) is 4. The van der Waals surface area contributed by atoms with E-state index in [1.54, 1.807) is 6.33 Å². The topological polar surface area (TPSA) is 32.3 Å². The first-order valence-electron chi connectivity index (χ1n) is 9.29. The highest BCUT2D eigenvalue weighted by atomic mass is 35.5. The lowest BCUT2D eigenvalue weighted by molar-refractivity contribution is 0.327. The Labute approximate surface area is 155 Å². The van der Waals surface area contributed by atoms with Crippen molar-refractivity contribution in [2.75, 3.05) is 24.5 Å². The van der Waals surface area contributed by atoms with Gasteiger partial charge < -0.3 is 4.90 Å². The van der Waals surface area contributed by atoms with E-state index < -0.39 is 0 Å². The van der Waals surface area contributed by atoms with E-state index in [0.717, 1.165) is 31.4 Å². The van der Waals surface area contributed by atoms with Crippen molar-refractivity contribution in [2.24, 2.45) is 5.92 Å². The molecule has 0 amide bonds. The zero-order valence-electron chi connectivity index (χ0n) is 14.5. The van der Waals surface area contributed by atoms with Crippen molar-refractivity contribution < 1.29 is 0 Å². The van der Waals surface area contributed by atoms with Crippen LogP contribution in [0, 0.1) is 5.92 Å². The Kier molecular flexibility index (Phi) is 5.18. The van der Waals surface area contributed by atoms with Crippen LogP contribution in [0.25, 0.3) is 0 Å². The molecule has 132 valence electrons. The summed E-state index contributed by atoms with van der Waals surface area (Å²) in [6, 6.07) is 13.3. The maximum absolute atomic E-state index is 6.57. The van der Waals surface area contributed by atoms with Gasteiger partial charge in [-0.05, 0) is 55.0 Å². The molecule has 2 heterocycles. The van der Waals surface area contributed by atoms with Crippen molar-refractivity contribution in [2.45, 2.75) is 37.6 Å². The molecule has 2 fully saturated rings. The van der Waals surface area contributed by atoms with Crippen LogP contribution in [0.4, 0.5) is 5.82 Å². The molecule has 4 nitrogen and oxygen atoms in total. The van der Waals surface area contributed by atoms with Gasteiger partial charge in [0, 0.05) is 37.8 Å². The molecule has 2 atom stereocenters. The summed E-state index contributed by atoms with van der Waals surface area (Å²) in [6.45, 7) is 3.16. The van der Waals surface area contributed by atoms with Crippen LogP contribution in [0.1, 0.15) is 37.2 Å². The molecule has 0 N–H and O–H groups in total. The fraction of sp³-hybridized carbons (Fsp3) is 0.500. The van der Waals surface area contributed by atoms with Gasteiger partial charge in [0.15, 0.2) is 0 Å². The van der Waals surface area contributed by atoms with Crippen LogP contribution in [0.5, 0.6) is 0 Å². The first kappa shape index (κ1) is 16.8. The van der Waals surface area contributed by atoms with Gasteiger partial charge >= 0.3 is 0 Å². The highest BCUT2D eigenvalue weighted by Gasteiger charge is 2.42. The molecular formula is C20H25ClN4. The molecule has 1 saturated heterocycles. The van der Waals surface area contributed by atoms with Crippen molar-refractivity contribution in [3.63, 3.8) is 0 Å². The van der Waals surface area contributed by atoms with E-state index in [2.05, 4.69) is 49.6 Å². The van der Waals surface area contributed by atoms with Gasteiger partial charge in [0.05, 0.1) is 0 Å². The number of nitrogens with zero attached hydrogens (tertiary/aromatic N) is 4. The van der Waals surface area contributed by atoms with Gasteiger partial charge in [0.2, 0.25) is 0 Å². The molecule has 0 spiro atoms. The lowest BCUT2D eigenvalue weighted by atomic mass is 9.93. The zero-order valence-corrected chi connectivity index (χ0v) is 15.2. The van der Waals surface area contributed by atoms with Crippen molar-refractivity contribution >= 4 is 17.6 Å². The van der Waals surface area contributed by atoms with E-state index in [4.69, 9.17) is 11.8 Å². The maximum Gasteiger partial charge on any atom is 0.131 e. The Bertz CT molecular complexity index is 658. The van der Waals surface area contributed by atoms with Crippen LogP contribution in [-0.4, -0.2) is 40.1 Å². The Morgan fingerprint density at radius 3 is 2.64 bits per heavy atom. The number of anilines is 1. The van der Waals surface area contributed by atoms with E-state index in [1.807, 2.05) is 12.3 Å². The summed E-state index contributed by atoms with van der Waals surface area (Å²) in [7, 11) is 0. The smallest absolute Gasteiger partial charge is 0.131 e. The minimum Gasteiger partial charge on any atom is -0.357 e. The Morgan fingerprint density at radius 1 is 1.12 bits per heavy atom. The van der Waals surface area contributed by atoms with E-state index >= 15 is 0 Å². The van der Waals surface area contributed by atoms with Gasteiger partial charge in [0.1, 0.15) is 12.1 Å². The largest absolute Gasteiger partial charge is 0.357 e. The average Bonchev–Trinajstić information content (AvgIpc) is 3.49. The molecule has 25 heavy (non-hydrogen) atoms. The standard InChI is InChI=1S/C20H25ClN4/c21-25(19-14-18(19)17-4-2-1-3-5-17)13-9-16-7-11-24(12-8-16)20-6-10-22-15-23-20/h1-6,10,15-16,18-19H,7-9,11-14H2/t18-,19+/m0/s1. The Morgan fingerprint density at radius 2 is 1.92 bits per heavy atom. The van der Waals surface area contributed by atoms with Gasteiger partial charge in [-0.15, -0.1) is 0 Å². The summed E-state index contributed by atoms with van der Waals surface area (Å²) in [5.74, 6) is 2.45. The molecule has 1 aliphatic carbocycles. The normalized spacial score (nSPS) is 23.8. The van der Waals surface area contributed by atoms with Gasteiger partial charge in [-0.2, -0.15) is 0 Å². The summed E-state index contributed by atoms with van der Waals surface area (Å²) in [5.41, 5.74) is 1.43. The first-order valence-corrected chi connectivity index (χ1v) is 9.63. The van der Waals surface area contributed by atoms with E-state index in [1.165, 1.54) is 31.2 Å². The zero-order chi connectivity index (χ0) is 17.1. The van der Waals surface area contributed by atoms with Crippen molar-refractivity contribution in [3.05, 3.63) is 54.5 Å². The Hall–Kier alpha value is -1.65. The third-order valence-corrected chi connectivity index (χ3v) is 6.02. The number of halogens is 1. The SMILES string of the molecule is ClN(CCC1CCN(c2ccncn2)CC1)[C@@H]1C[C@H]1c1ccccc1. The monoisotopic (exact) mass is 356 g/mol. The molecular weight excluding hydrogens is 332 g/mol. The summed E-state index contributed by atoms with van der Waals surface area (Å²) < 4.78 is 2.06. The third-order valence-electron chi connectivity index (χ3n) is 5.60. The molecule has 1 saturated carbocycles. The molecule has 0 radical (unpaired) electrons. The van der Waals surface area contributed by atoms with Gasteiger partial charge in [-0.1, -0.05) is 30.3 Å². The fourth-order valence-corrected chi connectivity index (χ4v) is 4.26. The first-order chi connectivity index (χ1) is 12.3. The quantitative estimate of drug-likeness (QED) is 0.729. The molecule has 2 aliphatic rings. The van der Waals surface area contributed by atoms with E-state index in [9.17, 15) is 0 Å². The number of aromatic nitrogens is 2. The second kappa shape index (κ2) is 7.71. The summed E-state index contributed by atoms with van der Waals surface area (Å²) >= 11 is 6.57. The highest BCUT2D eigenvalue weighted by molar-refractivity contribution is 6.13. The van der Waals surface area contributed by atoms with Crippen LogP contribution >= 0.6 is 11.8 Å². The molecule has 5 heteroatoms. The molecule has 0 unspecified atom stereocenters. The molecule has 0 bridgehead atoms. The molecule has 2 aromatic rings. The molecule has 1 aromatic carbocycles. The summed E-state index contributed by atoms with van der Waals surface area (Å²) in [6.07, 6.45) is 8.28. The second-order valence-electron chi connectivity index (χ2n) is 7.23. The maximum atomic E-state index is 6.57. The van der Waals surface area contributed by atoms with Crippen LogP contribution in [0.2, 0.25) is 0 Å². The van der Waals surface area contributed by atoms with Gasteiger partial charge in [-0.25, -0.2) is 14.4 Å². The van der Waals surface area contributed by atoms with Gasteiger partial charge in [0.25, 0.3) is 0 Å². The van der Waals surface area contributed by atoms with Crippen molar-refractivity contribution in [3.8, 4) is 0 Å². The number of benzene rings is 1. The summed E-state index contributed by atoms with van der Waals surface area (Å²) in [4.78, 5) is 10.7. The molecule has 1 aromatic heterocycles. The van der Waals surface area contributed by atoms with Crippen LogP contribution in [0.3, 0.4) is 0 Å². The number of rotatable bonds is 6. The second-order valence-corrected chi connectivity index (χ2v) is 7.66. The van der Waals surface area contributed by atoms with Crippen molar-refractivity contribution in [1.29, 1.82) is 0 Å². The highest BCUT2D eigenvalue weighted by Crippen LogP contribution is 2.45. The minimum atomic E-state index is 0.519. The number of hydrogen-bond donors (Lipinski definition) is 0. The predicted molar refractivity (Wildman–Crippen MR) is 102 cm³/mol. The lowest BCUT2D eigenvalue weighted by Gasteiger charge is -2.33. The minimum absolute atomic E-state index is 0.519. The number of piperidine rings is 1. The average molecular weight is 357 g/mol. The van der Waals surface area contributed by atoms with Gasteiger partial charge in [-0.3, -0.25) is 0 Å². The molecule has 1 aliphatic heterocycles. The fourth-order valence-electron chi connectivity index (χ4n) is 3.94. The Balaban J connectivity index is 1.20. The predicted octanol–water partition coefficient (Wildman–Crippen LogP) is 4.10. The van der Waals surface area contributed by atoms with Crippen molar-refractivity contribution in [1.82, 2.24) is 14.4 Å². The molecule has 4 rings (SSSR count). The van der Waals surface area contributed by atoms with Crippen LogP contribution in [-0.2, 0) is 0 Å².